The van der Waals surface area contributed by atoms with Gasteiger partial charge in [0.15, 0.2) is 0 Å². The van der Waals surface area contributed by atoms with Crippen molar-refractivity contribution in [1.82, 2.24) is 0 Å². The van der Waals surface area contributed by atoms with Crippen LogP contribution >= 0.6 is 0 Å². The van der Waals surface area contributed by atoms with E-state index in [2.05, 4.69) is 13.8 Å². The number of carbonyl (C=O) groups excluding carboxylic acids is 2. The third kappa shape index (κ3) is 0.645. The minimum absolute atomic E-state index is 0.0984. The van der Waals surface area contributed by atoms with Crippen molar-refractivity contribution in [3.05, 3.63) is 0 Å². The Hall–Kier alpha value is -0.660. The van der Waals surface area contributed by atoms with Crippen molar-refractivity contribution in [2.75, 3.05) is 0 Å². The van der Waals surface area contributed by atoms with Gasteiger partial charge in [-0.05, 0) is 24.7 Å². The Bertz CT molecular complexity index is 329. The molecule has 2 unspecified atom stereocenters. The highest BCUT2D eigenvalue weighted by atomic mass is 16.2. The molecule has 2 aliphatic carbocycles. The summed E-state index contributed by atoms with van der Waals surface area (Å²) in [5, 5.41) is 0. The lowest BCUT2D eigenvalue weighted by Crippen LogP contribution is -2.36. The number of rotatable bonds is 1. The molecule has 0 saturated heterocycles. The number of ketones is 2. The topological polar surface area (TPSA) is 34.1 Å². The molecule has 0 spiro atoms. The van der Waals surface area contributed by atoms with Crippen LogP contribution in [0.4, 0.5) is 0 Å². The summed E-state index contributed by atoms with van der Waals surface area (Å²) in [4.78, 5) is 23.9. The largest absolute Gasteiger partial charge is 0.290 e. The third-order valence-corrected chi connectivity index (χ3v) is 5.37. The molecular formula is C12H18O2. The highest BCUT2D eigenvalue weighted by Gasteiger charge is 2.73. The average molecular weight is 194 g/mol. The van der Waals surface area contributed by atoms with Gasteiger partial charge in [-0.2, -0.15) is 0 Å². The van der Waals surface area contributed by atoms with Crippen LogP contribution in [0.25, 0.3) is 0 Å². The highest BCUT2D eigenvalue weighted by Crippen LogP contribution is 2.70. The first-order chi connectivity index (χ1) is 6.33. The molecule has 0 aromatic heterocycles. The lowest BCUT2D eigenvalue weighted by Gasteiger charge is -2.37. The average Bonchev–Trinajstić information content (AvgIpc) is 2.39. The van der Waals surface area contributed by atoms with E-state index in [1.165, 1.54) is 0 Å². The summed E-state index contributed by atoms with van der Waals surface area (Å²) in [7, 11) is 0. The predicted octanol–water partition coefficient (Wildman–Crippen LogP) is 2.36. The van der Waals surface area contributed by atoms with E-state index in [4.69, 9.17) is 0 Å². The van der Waals surface area contributed by atoms with Gasteiger partial charge in [-0.15, -0.1) is 0 Å². The van der Waals surface area contributed by atoms with Crippen molar-refractivity contribution >= 4 is 11.6 Å². The molecule has 2 bridgehead atoms. The van der Waals surface area contributed by atoms with E-state index >= 15 is 0 Å². The molecule has 0 N–H and O–H groups in total. The number of Topliss-reactive ketones (excluding diaryl/α,β-unsaturated/α-hetero) is 2. The normalized spacial score (nSPS) is 44.9. The lowest BCUT2D eigenvalue weighted by atomic mass is 9.64. The molecule has 0 radical (unpaired) electrons. The molecule has 2 heteroatoms. The van der Waals surface area contributed by atoms with Crippen LogP contribution in [0.5, 0.6) is 0 Å². The summed E-state index contributed by atoms with van der Waals surface area (Å²) in [5.74, 6) is -0.214. The van der Waals surface area contributed by atoms with Gasteiger partial charge in [0.05, 0.1) is 0 Å². The van der Waals surface area contributed by atoms with E-state index in [0.29, 0.717) is 0 Å². The Balaban J connectivity index is 2.66. The van der Waals surface area contributed by atoms with Crippen molar-refractivity contribution < 1.29 is 9.59 Å². The number of fused-ring (bicyclic) bond motifs is 2. The highest BCUT2D eigenvalue weighted by molar-refractivity contribution is 6.44. The fourth-order valence-corrected chi connectivity index (χ4v) is 3.66. The van der Waals surface area contributed by atoms with E-state index in [1.807, 2.05) is 13.8 Å². The van der Waals surface area contributed by atoms with E-state index in [0.717, 1.165) is 19.3 Å². The van der Waals surface area contributed by atoms with Crippen LogP contribution in [0.15, 0.2) is 0 Å². The zero-order valence-corrected chi connectivity index (χ0v) is 9.44. The zero-order chi connectivity index (χ0) is 10.8. The van der Waals surface area contributed by atoms with Crippen molar-refractivity contribution in [2.45, 2.75) is 47.0 Å². The smallest absolute Gasteiger partial charge is 0.205 e. The van der Waals surface area contributed by atoms with Gasteiger partial charge < -0.3 is 0 Å². The molecule has 0 aliphatic heterocycles. The Morgan fingerprint density at radius 3 is 1.93 bits per heavy atom. The summed E-state index contributed by atoms with van der Waals surface area (Å²) in [6, 6.07) is 0. The van der Waals surface area contributed by atoms with Crippen LogP contribution in [0.3, 0.4) is 0 Å². The molecule has 2 aliphatic rings. The number of hydrogen-bond donors (Lipinski definition) is 0. The maximum Gasteiger partial charge on any atom is 0.205 e. The Morgan fingerprint density at radius 1 is 1.07 bits per heavy atom. The van der Waals surface area contributed by atoms with Crippen LogP contribution in [0.2, 0.25) is 0 Å². The third-order valence-electron chi connectivity index (χ3n) is 5.37. The first-order valence-corrected chi connectivity index (χ1v) is 5.43. The fourth-order valence-electron chi connectivity index (χ4n) is 3.66. The van der Waals surface area contributed by atoms with Crippen LogP contribution in [-0.2, 0) is 9.59 Å². The second-order valence-electron chi connectivity index (χ2n) is 5.55. The van der Waals surface area contributed by atoms with E-state index < -0.39 is 0 Å². The maximum absolute atomic E-state index is 12.0. The summed E-state index contributed by atoms with van der Waals surface area (Å²) in [6.07, 6.45) is 2.59. The van der Waals surface area contributed by atoms with Crippen molar-refractivity contribution in [1.29, 1.82) is 0 Å². The van der Waals surface area contributed by atoms with Gasteiger partial charge in [0.25, 0.3) is 0 Å². The quantitative estimate of drug-likeness (QED) is 0.600. The molecule has 2 atom stereocenters. The molecule has 0 aromatic carbocycles. The second kappa shape index (κ2) is 2.29. The van der Waals surface area contributed by atoms with Gasteiger partial charge in [-0.25, -0.2) is 0 Å². The van der Waals surface area contributed by atoms with Crippen LogP contribution in [0, 0.1) is 16.2 Å². The molecule has 78 valence electrons. The maximum atomic E-state index is 12.0. The molecule has 2 fully saturated rings. The van der Waals surface area contributed by atoms with Gasteiger partial charge in [0.2, 0.25) is 11.6 Å². The molecule has 2 saturated carbocycles. The standard InChI is InChI=1S/C12H18O2/c1-5-12-7-6-11(4,10(12,2)3)8(13)9(12)14/h5-7H2,1-4H3. The van der Waals surface area contributed by atoms with Crippen LogP contribution in [0.1, 0.15) is 47.0 Å². The zero-order valence-electron chi connectivity index (χ0n) is 9.44. The molecule has 0 amide bonds. The Labute approximate surface area is 85.1 Å². The summed E-state index contributed by atoms with van der Waals surface area (Å²) >= 11 is 0. The van der Waals surface area contributed by atoms with Gasteiger partial charge >= 0.3 is 0 Å². The van der Waals surface area contributed by atoms with Gasteiger partial charge in [-0.3, -0.25) is 9.59 Å². The molecule has 2 nitrogen and oxygen atoms in total. The van der Waals surface area contributed by atoms with Crippen molar-refractivity contribution in [3.63, 3.8) is 0 Å². The van der Waals surface area contributed by atoms with Crippen LogP contribution < -0.4 is 0 Å². The van der Waals surface area contributed by atoms with Gasteiger partial charge in [0.1, 0.15) is 0 Å². The molecule has 0 aromatic rings. The van der Waals surface area contributed by atoms with Crippen molar-refractivity contribution in [3.8, 4) is 0 Å². The molecule has 0 heterocycles. The van der Waals surface area contributed by atoms with E-state index in [1.54, 1.807) is 0 Å². The van der Waals surface area contributed by atoms with Crippen molar-refractivity contribution in [2.24, 2.45) is 16.2 Å². The SMILES string of the molecule is CCC12CCC(C)(C(=O)C1=O)C2(C)C. The molecular weight excluding hydrogens is 176 g/mol. The monoisotopic (exact) mass is 194 g/mol. The Morgan fingerprint density at radius 2 is 1.64 bits per heavy atom. The lowest BCUT2D eigenvalue weighted by molar-refractivity contribution is -0.143. The number of hydrogen-bond acceptors (Lipinski definition) is 2. The van der Waals surface area contributed by atoms with Gasteiger partial charge in [0, 0.05) is 10.8 Å². The second-order valence-corrected chi connectivity index (χ2v) is 5.55. The fraction of sp³-hybridized carbons (Fsp3) is 0.833. The minimum Gasteiger partial charge on any atom is -0.290 e. The summed E-state index contributed by atoms with van der Waals surface area (Å²) in [6.45, 7) is 8.18. The summed E-state index contributed by atoms with van der Waals surface area (Å²) < 4.78 is 0. The van der Waals surface area contributed by atoms with Gasteiger partial charge in [-0.1, -0.05) is 27.7 Å². The van der Waals surface area contributed by atoms with E-state index in [9.17, 15) is 9.59 Å². The number of carbonyl (C=O) groups is 2. The van der Waals surface area contributed by atoms with Crippen LogP contribution in [-0.4, -0.2) is 11.6 Å². The van der Waals surface area contributed by atoms with E-state index in [-0.39, 0.29) is 27.8 Å². The predicted molar refractivity (Wildman–Crippen MR) is 53.9 cm³/mol. The first-order valence-electron chi connectivity index (χ1n) is 5.43. The summed E-state index contributed by atoms with van der Waals surface area (Å²) in [5.41, 5.74) is -0.887. The molecule has 14 heavy (non-hydrogen) atoms. The Kier molecular flexibility index (Phi) is 1.61. The molecule has 2 rings (SSSR count). The minimum atomic E-state index is -0.389. The first kappa shape index (κ1) is 9.88.